The Balaban J connectivity index is 2.13. The fraction of sp³-hybridized carbons (Fsp3) is 0.400. The van der Waals surface area contributed by atoms with Gasteiger partial charge in [-0.25, -0.2) is 4.52 Å². The number of nitrogens with one attached hydrogen (secondary N) is 1. The summed E-state index contributed by atoms with van der Waals surface area (Å²) in [6, 6.07) is 3.98. The largest absolute Gasteiger partial charge is 0.351 e. The molecule has 5 nitrogen and oxygen atoms in total. The predicted octanol–water partition coefficient (Wildman–Crippen LogP) is 1.64. The van der Waals surface area contributed by atoms with Gasteiger partial charge in [0, 0.05) is 23.3 Å². The Morgan fingerprint density at radius 1 is 1.56 bits per heavy atom. The van der Waals surface area contributed by atoms with Crippen molar-refractivity contribution in [2.45, 2.75) is 19.4 Å². The van der Waals surface area contributed by atoms with Crippen molar-refractivity contribution in [2.75, 3.05) is 11.9 Å². The van der Waals surface area contributed by atoms with Crippen LogP contribution in [0.25, 0.3) is 5.65 Å². The lowest BCUT2D eigenvalue weighted by atomic mass is 10.2. The second-order valence-electron chi connectivity index (χ2n) is 3.63. The lowest BCUT2D eigenvalue weighted by Crippen LogP contribution is -2.28. The first-order chi connectivity index (χ1) is 7.69. The van der Waals surface area contributed by atoms with Gasteiger partial charge in [-0.15, -0.1) is 5.10 Å². The minimum atomic E-state index is 0.137. The number of hydrogen-bond donors (Lipinski definition) is 2. The smallest absolute Gasteiger partial charge is 0.243 e. The van der Waals surface area contributed by atoms with E-state index in [4.69, 9.17) is 5.73 Å². The number of pyridine rings is 1. The van der Waals surface area contributed by atoms with Crippen molar-refractivity contribution in [1.29, 1.82) is 0 Å². The van der Waals surface area contributed by atoms with Crippen LogP contribution in [-0.2, 0) is 0 Å². The Labute approximate surface area is 102 Å². The van der Waals surface area contributed by atoms with Crippen molar-refractivity contribution >= 4 is 27.5 Å². The van der Waals surface area contributed by atoms with Crippen molar-refractivity contribution < 1.29 is 0 Å². The number of aromatic nitrogens is 3. The number of halogens is 1. The zero-order valence-corrected chi connectivity index (χ0v) is 10.6. The maximum Gasteiger partial charge on any atom is 0.243 e. The SMILES string of the molecule is CCC(N)CNc1nc2ccc(Br)cn2n1. The quantitative estimate of drug-likeness (QED) is 0.895. The van der Waals surface area contributed by atoms with E-state index in [2.05, 4.69) is 38.3 Å². The molecule has 2 aromatic heterocycles. The van der Waals surface area contributed by atoms with Crippen molar-refractivity contribution in [3.63, 3.8) is 0 Å². The number of nitrogens with two attached hydrogens (primary N) is 1. The van der Waals surface area contributed by atoms with Crippen LogP contribution in [0, 0.1) is 0 Å². The van der Waals surface area contributed by atoms with Gasteiger partial charge >= 0.3 is 0 Å². The molecule has 0 amide bonds. The summed E-state index contributed by atoms with van der Waals surface area (Å²) in [5.41, 5.74) is 6.62. The topological polar surface area (TPSA) is 68.2 Å². The zero-order chi connectivity index (χ0) is 11.5. The summed E-state index contributed by atoms with van der Waals surface area (Å²) >= 11 is 3.39. The highest BCUT2D eigenvalue weighted by Gasteiger charge is 2.04. The van der Waals surface area contributed by atoms with E-state index in [9.17, 15) is 0 Å². The molecule has 0 aliphatic rings. The third-order valence-corrected chi connectivity index (χ3v) is 2.81. The third-order valence-electron chi connectivity index (χ3n) is 2.34. The van der Waals surface area contributed by atoms with Gasteiger partial charge < -0.3 is 11.1 Å². The molecule has 0 radical (unpaired) electrons. The number of fused-ring (bicyclic) bond motifs is 1. The molecule has 0 saturated carbocycles. The van der Waals surface area contributed by atoms with Gasteiger partial charge in [-0.3, -0.25) is 0 Å². The number of rotatable bonds is 4. The molecule has 16 heavy (non-hydrogen) atoms. The molecule has 0 bridgehead atoms. The van der Waals surface area contributed by atoms with Crippen LogP contribution in [-0.4, -0.2) is 27.2 Å². The number of anilines is 1. The fourth-order valence-electron chi connectivity index (χ4n) is 1.30. The normalized spacial score (nSPS) is 12.9. The maximum atomic E-state index is 5.81. The van der Waals surface area contributed by atoms with E-state index >= 15 is 0 Å². The van der Waals surface area contributed by atoms with Crippen LogP contribution in [0.5, 0.6) is 0 Å². The Bertz CT molecular complexity index is 481. The van der Waals surface area contributed by atoms with Crippen LogP contribution >= 0.6 is 15.9 Å². The van der Waals surface area contributed by atoms with Gasteiger partial charge in [-0.1, -0.05) is 6.92 Å². The first-order valence-electron chi connectivity index (χ1n) is 5.20. The third kappa shape index (κ3) is 2.51. The summed E-state index contributed by atoms with van der Waals surface area (Å²) < 4.78 is 2.70. The van der Waals surface area contributed by atoms with E-state index in [0.717, 1.165) is 16.5 Å². The van der Waals surface area contributed by atoms with E-state index in [1.165, 1.54) is 0 Å². The lowest BCUT2D eigenvalue weighted by molar-refractivity contribution is 0.676. The molecule has 6 heteroatoms. The van der Waals surface area contributed by atoms with Crippen molar-refractivity contribution in [2.24, 2.45) is 5.73 Å². The van der Waals surface area contributed by atoms with Crippen LogP contribution in [0.15, 0.2) is 22.8 Å². The molecule has 2 heterocycles. The zero-order valence-electron chi connectivity index (χ0n) is 9.02. The van der Waals surface area contributed by atoms with E-state index in [-0.39, 0.29) is 6.04 Å². The maximum absolute atomic E-state index is 5.81. The number of nitrogens with zero attached hydrogens (tertiary/aromatic N) is 3. The molecular formula is C10H14BrN5. The second kappa shape index (κ2) is 4.80. The standard InChI is InChI=1S/C10H14BrN5/c1-2-8(12)5-13-10-14-9-4-3-7(11)6-16(9)15-10/h3-4,6,8H,2,5,12H2,1H3,(H,13,15). The molecule has 0 aromatic carbocycles. The van der Waals surface area contributed by atoms with Gasteiger partial charge in [0.25, 0.3) is 0 Å². The highest BCUT2D eigenvalue weighted by molar-refractivity contribution is 9.10. The summed E-state index contributed by atoms with van der Waals surface area (Å²) in [5.74, 6) is 0.613. The molecule has 0 spiro atoms. The Morgan fingerprint density at radius 2 is 2.38 bits per heavy atom. The highest BCUT2D eigenvalue weighted by Crippen LogP contribution is 2.11. The first kappa shape index (κ1) is 11.3. The molecule has 0 aliphatic heterocycles. The monoisotopic (exact) mass is 283 g/mol. The second-order valence-corrected chi connectivity index (χ2v) is 4.55. The minimum absolute atomic E-state index is 0.137. The van der Waals surface area contributed by atoms with Crippen LogP contribution in [0.4, 0.5) is 5.95 Å². The molecule has 2 aromatic rings. The van der Waals surface area contributed by atoms with Gasteiger partial charge in [0.2, 0.25) is 5.95 Å². The van der Waals surface area contributed by atoms with Gasteiger partial charge in [0.15, 0.2) is 5.65 Å². The average molecular weight is 284 g/mol. The minimum Gasteiger partial charge on any atom is -0.351 e. The van der Waals surface area contributed by atoms with Crippen LogP contribution < -0.4 is 11.1 Å². The summed E-state index contributed by atoms with van der Waals surface area (Å²) in [6.45, 7) is 2.75. The highest BCUT2D eigenvalue weighted by atomic mass is 79.9. The van der Waals surface area contributed by atoms with E-state index in [0.29, 0.717) is 12.5 Å². The number of hydrogen-bond acceptors (Lipinski definition) is 4. The van der Waals surface area contributed by atoms with E-state index in [1.54, 1.807) is 4.52 Å². The molecule has 1 atom stereocenters. The van der Waals surface area contributed by atoms with Crippen LogP contribution in [0.2, 0.25) is 0 Å². The van der Waals surface area contributed by atoms with E-state index in [1.807, 2.05) is 18.3 Å². The fourth-order valence-corrected chi connectivity index (χ4v) is 1.63. The van der Waals surface area contributed by atoms with Crippen LogP contribution in [0.3, 0.4) is 0 Å². The van der Waals surface area contributed by atoms with Gasteiger partial charge in [0.1, 0.15) is 0 Å². The molecule has 0 fully saturated rings. The predicted molar refractivity (Wildman–Crippen MR) is 67.4 cm³/mol. The Kier molecular flexibility index (Phi) is 3.40. The van der Waals surface area contributed by atoms with Gasteiger partial charge in [-0.05, 0) is 34.5 Å². The average Bonchev–Trinajstić information content (AvgIpc) is 2.67. The summed E-state index contributed by atoms with van der Waals surface area (Å²) in [7, 11) is 0. The molecule has 86 valence electrons. The lowest BCUT2D eigenvalue weighted by Gasteiger charge is -2.07. The summed E-state index contributed by atoms with van der Waals surface area (Å²) in [4.78, 5) is 4.32. The van der Waals surface area contributed by atoms with Gasteiger partial charge in [-0.2, -0.15) is 4.98 Å². The van der Waals surface area contributed by atoms with Crippen LogP contribution in [0.1, 0.15) is 13.3 Å². The molecule has 2 rings (SSSR count). The van der Waals surface area contributed by atoms with Crippen molar-refractivity contribution in [3.05, 3.63) is 22.8 Å². The summed E-state index contributed by atoms with van der Waals surface area (Å²) in [5, 5.41) is 7.41. The van der Waals surface area contributed by atoms with Crippen molar-refractivity contribution in [3.8, 4) is 0 Å². The Hall–Kier alpha value is -1.14. The molecule has 0 aliphatic carbocycles. The first-order valence-corrected chi connectivity index (χ1v) is 5.99. The van der Waals surface area contributed by atoms with Crippen molar-refractivity contribution in [1.82, 2.24) is 14.6 Å². The van der Waals surface area contributed by atoms with E-state index < -0.39 is 0 Å². The van der Waals surface area contributed by atoms with Gasteiger partial charge in [0.05, 0.1) is 0 Å². The molecule has 1 unspecified atom stereocenters. The molecule has 3 N–H and O–H groups in total. The Morgan fingerprint density at radius 3 is 3.12 bits per heavy atom. The molecule has 0 saturated heterocycles. The summed E-state index contributed by atoms with van der Waals surface area (Å²) in [6.07, 6.45) is 2.80. The molecular weight excluding hydrogens is 270 g/mol.